The van der Waals surface area contributed by atoms with Crippen molar-refractivity contribution in [1.82, 2.24) is 4.98 Å². The third-order valence-corrected chi connectivity index (χ3v) is 9.70. The third-order valence-electron chi connectivity index (χ3n) is 9.70. The highest BCUT2D eigenvalue weighted by molar-refractivity contribution is 6.21. The van der Waals surface area contributed by atoms with Gasteiger partial charge in [-0.15, -0.1) is 0 Å². The maximum Gasteiger partial charge on any atom is 0.0725 e. The van der Waals surface area contributed by atoms with E-state index in [2.05, 4.69) is 132 Å². The number of aromatic nitrogens is 1. The van der Waals surface area contributed by atoms with Crippen LogP contribution in [0.2, 0.25) is 0 Å². The van der Waals surface area contributed by atoms with Crippen LogP contribution in [0.15, 0.2) is 140 Å². The lowest BCUT2D eigenvalue weighted by molar-refractivity contribution is 0.794. The van der Waals surface area contributed by atoms with Crippen LogP contribution in [0.4, 0.5) is 0 Å². The minimum absolute atomic E-state index is 0.381. The molecule has 0 N–H and O–H groups in total. The number of pyridine rings is 1. The monoisotopic (exact) mass is 517 g/mol. The Morgan fingerprint density at radius 3 is 1.71 bits per heavy atom. The van der Waals surface area contributed by atoms with E-state index < -0.39 is 0 Å². The Morgan fingerprint density at radius 2 is 1.02 bits per heavy atom. The first-order chi connectivity index (χ1) is 20.4. The molecular weight excluding hydrogens is 494 g/mol. The summed E-state index contributed by atoms with van der Waals surface area (Å²) >= 11 is 0. The van der Waals surface area contributed by atoms with Gasteiger partial charge >= 0.3 is 0 Å². The Morgan fingerprint density at radius 1 is 0.415 bits per heavy atom. The molecule has 1 heterocycles. The van der Waals surface area contributed by atoms with Crippen LogP contribution < -0.4 is 0 Å². The second-order valence-corrected chi connectivity index (χ2v) is 11.4. The van der Waals surface area contributed by atoms with Gasteiger partial charge in [-0.3, -0.25) is 4.98 Å². The quantitative estimate of drug-likeness (QED) is 0.211. The smallest absolute Gasteiger partial charge is 0.0725 e. The molecule has 0 unspecified atom stereocenters. The average Bonchev–Trinajstić information content (AvgIpc) is 3.64. The summed E-state index contributed by atoms with van der Waals surface area (Å²) in [6.07, 6.45) is 3.92. The molecule has 3 aliphatic carbocycles. The zero-order valence-electron chi connectivity index (χ0n) is 22.2. The minimum Gasteiger partial charge on any atom is -0.264 e. The van der Waals surface area contributed by atoms with E-state index in [4.69, 9.17) is 0 Å². The Kier molecular flexibility index (Phi) is 3.92. The van der Waals surface area contributed by atoms with Crippen molar-refractivity contribution in [2.75, 3.05) is 0 Å². The summed E-state index contributed by atoms with van der Waals surface area (Å²) in [5, 5.41) is 2.65. The fraction of sp³-hybridized carbons (Fsp3) is 0.0250. The topological polar surface area (TPSA) is 12.9 Å². The van der Waals surface area contributed by atoms with Crippen molar-refractivity contribution in [2.24, 2.45) is 0 Å². The van der Waals surface area contributed by atoms with Gasteiger partial charge in [0.15, 0.2) is 0 Å². The van der Waals surface area contributed by atoms with E-state index >= 15 is 0 Å². The van der Waals surface area contributed by atoms with Crippen LogP contribution in [0.25, 0.3) is 66.4 Å². The summed E-state index contributed by atoms with van der Waals surface area (Å²) in [5.41, 5.74) is 18.2. The highest BCUT2D eigenvalue weighted by atomic mass is 14.6. The van der Waals surface area contributed by atoms with Gasteiger partial charge in [-0.25, -0.2) is 0 Å². The molecule has 0 atom stereocenters. The van der Waals surface area contributed by atoms with Crippen LogP contribution in [0.5, 0.6) is 0 Å². The van der Waals surface area contributed by atoms with Gasteiger partial charge < -0.3 is 0 Å². The van der Waals surface area contributed by atoms with Crippen molar-refractivity contribution >= 4 is 10.8 Å². The lowest BCUT2D eigenvalue weighted by atomic mass is 9.69. The van der Waals surface area contributed by atoms with E-state index in [9.17, 15) is 0 Å². The van der Waals surface area contributed by atoms with Crippen LogP contribution >= 0.6 is 0 Å². The molecule has 0 saturated heterocycles. The van der Waals surface area contributed by atoms with E-state index in [0.717, 1.165) is 5.56 Å². The molecule has 1 heteroatoms. The number of rotatable bonds is 1. The summed E-state index contributed by atoms with van der Waals surface area (Å²) < 4.78 is 0. The third kappa shape index (κ3) is 2.43. The normalized spacial score (nSPS) is 14.0. The van der Waals surface area contributed by atoms with Gasteiger partial charge in [0.2, 0.25) is 0 Å². The molecule has 0 amide bonds. The van der Waals surface area contributed by atoms with E-state index in [0.29, 0.717) is 0 Å². The predicted molar refractivity (Wildman–Crippen MR) is 168 cm³/mol. The molecule has 0 fully saturated rings. The zero-order valence-corrected chi connectivity index (χ0v) is 22.2. The molecule has 0 bridgehead atoms. The maximum atomic E-state index is 4.63. The first kappa shape index (κ1) is 21.5. The largest absolute Gasteiger partial charge is 0.264 e. The fourth-order valence-corrected chi connectivity index (χ4v) is 8.31. The van der Waals surface area contributed by atoms with E-state index in [-0.39, 0.29) is 5.41 Å². The average molecular weight is 518 g/mol. The van der Waals surface area contributed by atoms with E-state index in [1.807, 2.05) is 12.4 Å². The molecule has 7 aromatic rings. The first-order valence-electron chi connectivity index (χ1n) is 14.3. The first-order valence-corrected chi connectivity index (χ1v) is 14.3. The van der Waals surface area contributed by atoms with Gasteiger partial charge in [-0.1, -0.05) is 115 Å². The van der Waals surface area contributed by atoms with Crippen molar-refractivity contribution in [3.05, 3.63) is 162 Å². The lowest BCUT2D eigenvalue weighted by Crippen LogP contribution is -2.26. The highest BCUT2D eigenvalue weighted by Gasteiger charge is 2.53. The molecular formula is C40H23N. The molecule has 1 aromatic heterocycles. The summed E-state index contributed by atoms with van der Waals surface area (Å²) in [6, 6.07) is 47.5. The van der Waals surface area contributed by atoms with Crippen molar-refractivity contribution < 1.29 is 0 Å². The summed E-state index contributed by atoms with van der Waals surface area (Å²) in [6.45, 7) is 0. The SMILES string of the molecule is c1cncc(-c2c3c(cc4c2-c2ccccc2C42c4ccccc4-c4ccccc42)-c2cccc4cccc-3c24)c1. The molecule has 41 heavy (non-hydrogen) atoms. The number of fused-ring (bicyclic) bond motifs is 13. The molecule has 3 aliphatic rings. The number of benzene rings is 6. The summed E-state index contributed by atoms with van der Waals surface area (Å²) in [5.74, 6) is 0. The lowest BCUT2D eigenvalue weighted by Gasteiger charge is -2.31. The molecule has 6 aromatic carbocycles. The Balaban J connectivity index is 1.47. The number of nitrogens with zero attached hydrogens (tertiary/aromatic N) is 1. The van der Waals surface area contributed by atoms with Gasteiger partial charge in [0, 0.05) is 18.0 Å². The van der Waals surface area contributed by atoms with Gasteiger partial charge in [-0.05, 0) is 95.2 Å². The van der Waals surface area contributed by atoms with Gasteiger partial charge in [-0.2, -0.15) is 0 Å². The summed E-state index contributed by atoms with van der Waals surface area (Å²) in [4.78, 5) is 4.63. The predicted octanol–water partition coefficient (Wildman–Crippen LogP) is 9.89. The Hall–Kier alpha value is -5.27. The second-order valence-electron chi connectivity index (χ2n) is 11.4. The minimum atomic E-state index is -0.381. The Labute approximate surface area is 238 Å². The van der Waals surface area contributed by atoms with Crippen LogP contribution in [0.1, 0.15) is 22.3 Å². The molecule has 0 saturated carbocycles. The second kappa shape index (κ2) is 7.47. The van der Waals surface area contributed by atoms with E-state index in [1.54, 1.807) is 0 Å². The van der Waals surface area contributed by atoms with E-state index in [1.165, 1.54) is 83.1 Å². The maximum absolute atomic E-state index is 4.63. The van der Waals surface area contributed by atoms with Crippen LogP contribution in [0.3, 0.4) is 0 Å². The Bertz CT molecular complexity index is 2210. The fourth-order valence-electron chi connectivity index (χ4n) is 8.31. The van der Waals surface area contributed by atoms with Crippen molar-refractivity contribution in [3.8, 4) is 55.6 Å². The number of hydrogen-bond acceptors (Lipinski definition) is 1. The van der Waals surface area contributed by atoms with Crippen LogP contribution in [-0.2, 0) is 5.41 Å². The zero-order chi connectivity index (χ0) is 26.7. The summed E-state index contributed by atoms with van der Waals surface area (Å²) in [7, 11) is 0. The van der Waals surface area contributed by atoms with Gasteiger partial charge in [0.25, 0.3) is 0 Å². The van der Waals surface area contributed by atoms with Crippen molar-refractivity contribution in [1.29, 1.82) is 0 Å². The number of hydrogen-bond donors (Lipinski definition) is 0. The molecule has 0 radical (unpaired) electrons. The van der Waals surface area contributed by atoms with Crippen LogP contribution in [-0.4, -0.2) is 4.98 Å². The van der Waals surface area contributed by atoms with Crippen LogP contribution in [0, 0.1) is 0 Å². The van der Waals surface area contributed by atoms with Gasteiger partial charge in [0.1, 0.15) is 0 Å². The van der Waals surface area contributed by atoms with Crippen molar-refractivity contribution in [3.63, 3.8) is 0 Å². The highest BCUT2D eigenvalue weighted by Crippen LogP contribution is 2.66. The van der Waals surface area contributed by atoms with Gasteiger partial charge in [0.05, 0.1) is 5.41 Å². The molecule has 1 spiro atoms. The molecule has 1 nitrogen and oxygen atoms in total. The van der Waals surface area contributed by atoms with Crippen molar-refractivity contribution in [2.45, 2.75) is 5.41 Å². The molecule has 10 rings (SSSR count). The standard InChI is InChI=1S/C40H23N/c1-4-18-32-26(13-1)27-14-2-5-19-33(27)40(32)34-20-6-3-15-29(34)39-35(40)22-31-28-16-7-10-24-11-8-17-30(36(24)28)38(31)37(39)25-12-9-21-41-23-25/h1-23H. The molecule has 188 valence electrons. The molecule has 0 aliphatic heterocycles.